The molecule has 4 N–H and O–H groups in total. The first-order valence-electron chi connectivity index (χ1n) is 12.1. The predicted molar refractivity (Wildman–Crippen MR) is 137 cm³/mol. The maximum absolute atomic E-state index is 13.5. The van der Waals surface area contributed by atoms with Gasteiger partial charge >= 0.3 is 0 Å². The van der Waals surface area contributed by atoms with Crippen molar-refractivity contribution in [2.24, 2.45) is 0 Å². The van der Waals surface area contributed by atoms with Crippen molar-refractivity contribution in [1.82, 2.24) is 16.0 Å². The molecule has 4 rings (SSSR count). The Bertz CT molecular complexity index is 1310. The largest absolute Gasteiger partial charge is 0.378 e. The fourth-order valence-electron chi connectivity index (χ4n) is 4.31. The van der Waals surface area contributed by atoms with Crippen LogP contribution in [0.4, 0.5) is 8.78 Å². The summed E-state index contributed by atoms with van der Waals surface area (Å²) in [4.78, 5) is 38.9. The van der Waals surface area contributed by atoms with Crippen molar-refractivity contribution >= 4 is 17.7 Å². The van der Waals surface area contributed by atoms with Gasteiger partial charge in [-0.05, 0) is 35.7 Å². The lowest BCUT2D eigenvalue weighted by Gasteiger charge is -2.26. The van der Waals surface area contributed by atoms with Crippen LogP contribution in [0.2, 0.25) is 0 Å². The highest BCUT2D eigenvalue weighted by molar-refractivity contribution is 5.93. The van der Waals surface area contributed by atoms with Crippen LogP contribution in [0.5, 0.6) is 0 Å². The van der Waals surface area contributed by atoms with Crippen molar-refractivity contribution in [2.45, 2.75) is 37.1 Å². The topological polar surface area (TPSA) is 108 Å². The molecule has 196 valence electrons. The number of hydrogen-bond acceptors (Lipinski definition) is 4. The van der Waals surface area contributed by atoms with E-state index in [4.69, 9.17) is 0 Å². The number of rotatable bonds is 7. The molecule has 7 nitrogen and oxygen atoms in total. The lowest BCUT2D eigenvalue weighted by Crippen LogP contribution is -2.54. The molecule has 0 saturated carbocycles. The van der Waals surface area contributed by atoms with Crippen molar-refractivity contribution in [1.29, 1.82) is 0 Å². The Balaban J connectivity index is 1.50. The second-order valence-electron chi connectivity index (χ2n) is 9.04. The molecular weight excluding hydrogens is 492 g/mol. The van der Waals surface area contributed by atoms with Gasteiger partial charge < -0.3 is 21.1 Å². The molecule has 3 aromatic rings. The molecule has 0 fully saturated rings. The van der Waals surface area contributed by atoms with E-state index in [9.17, 15) is 28.3 Å². The molecular formula is C29H27F2N3O4. The zero-order chi connectivity index (χ0) is 27.2. The van der Waals surface area contributed by atoms with Crippen LogP contribution >= 0.6 is 0 Å². The monoisotopic (exact) mass is 519 g/mol. The van der Waals surface area contributed by atoms with Crippen molar-refractivity contribution in [2.75, 3.05) is 0 Å². The molecule has 1 aliphatic heterocycles. The average molecular weight is 520 g/mol. The van der Waals surface area contributed by atoms with Gasteiger partial charge in [0.15, 0.2) is 6.10 Å². The fraction of sp³-hybridized carbons (Fsp3) is 0.207. The van der Waals surface area contributed by atoms with Gasteiger partial charge in [-0.3, -0.25) is 14.4 Å². The minimum Gasteiger partial charge on any atom is -0.378 e. The quantitative estimate of drug-likeness (QED) is 0.360. The van der Waals surface area contributed by atoms with Gasteiger partial charge in [-0.15, -0.1) is 0 Å². The molecule has 0 aromatic heterocycles. The summed E-state index contributed by atoms with van der Waals surface area (Å²) >= 11 is 0. The third-order valence-electron chi connectivity index (χ3n) is 6.29. The van der Waals surface area contributed by atoms with E-state index < -0.39 is 59.5 Å². The number of benzene rings is 3. The number of carbonyl (C=O) groups is 3. The number of carbonyl (C=O) groups excluding carboxylic acids is 3. The van der Waals surface area contributed by atoms with E-state index in [1.165, 1.54) is 6.92 Å². The smallest absolute Gasteiger partial charge is 0.254 e. The summed E-state index contributed by atoms with van der Waals surface area (Å²) in [5.41, 5.74) is 1.38. The molecule has 0 saturated heterocycles. The van der Waals surface area contributed by atoms with Crippen LogP contribution in [-0.4, -0.2) is 34.9 Å². The van der Waals surface area contributed by atoms with E-state index in [1.54, 1.807) is 0 Å². The van der Waals surface area contributed by atoms with Crippen molar-refractivity contribution in [3.63, 3.8) is 0 Å². The molecule has 3 aromatic carbocycles. The Morgan fingerprint density at radius 2 is 1.45 bits per heavy atom. The third-order valence-corrected chi connectivity index (χ3v) is 6.29. The minimum atomic E-state index is -1.90. The normalized spacial score (nSPS) is 20.5. The molecule has 0 bridgehead atoms. The lowest BCUT2D eigenvalue weighted by molar-refractivity contribution is -0.135. The fourth-order valence-corrected chi connectivity index (χ4v) is 4.31. The SMILES string of the molecule is C[C@H](NC(=O)[C@@H](O)c1cc(F)cc(F)c1)C(=O)N[C@@H]1C(=O)N[C@H](c2ccccc2)C=C[C@H]1c1ccccc1. The number of amides is 3. The summed E-state index contributed by atoms with van der Waals surface area (Å²) in [5, 5.41) is 18.2. The summed E-state index contributed by atoms with van der Waals surface area (Å²) in [6.07, 6.45) is 1.83. The Morgan fingerprint density at radius 1 is 0.868 bits per heavy atom. The molecule has 5 atom stereocenters. The Hall–Kier alpha value is -4.37. The highest BCUT2D eigenvalue weighted by Gasteiger charge is 2.34. The maximum atomic E-state index is 13.5. The number of hydrogen-bond donors (Lipinski definition) is 4. The Kier molecular flexibility index (Phi) is 8.28. The highest BCUT2D eigenvalue weighted by Crippen LogP contribution is 2.28. The van der Waals surface area contributed by atoms with Crippen LogP contribution in [0, 0.1) is 11.6 Å². The van der Waals surface area contributed by atoms with Crippen LogP contribution in [0.25, 0.3) is 0 Å². The summed E-state index contributed by atoms with van der Waals surface area (Å²) in [6, 6.07) is 18.3. The van der Waals surface area contributed by atoms with Gasteiger partial charge in [-0.1, -0.05) is 72.8 Å². The summed E-state index contributed by atoms with van der Waals surface area (Å²) in [7, 11) is 0. The maximum Gasteiger partial charge on any atom is 0.254 e. The van der Waals surface area contributed by atoms with Gasteiger partial charge in [0.25, 0.3) is 5.91 Å². The Morgan fingerprint density at radius 3 is 2.05 bits per heavy atom. The molecule has 1 heterocycles. The second-order valence-corrected chi connectivity index (χ2v) is 9.04. The molecule has 9 heteroatoms. The first-order chi connectivity index (χ1) is 18.2. The second kappa shape index (κ2) is 11.8. The van der Waals surface area contributed by atoms with Gasteiger partial charge in [0, 0.05) is 12.0 Å². The van der Waals surface area contributed by atoms with Gasteiger partial charge in [0.05, 0.1) is 6.04 Å². The van der Waals surface area contributed by atoms with E-state index in [2.05, 4.69) is 16.0 Å². The average Bonchev–Trinajstić information content (AvgIpc) is 3.07. The zero-order valence-corrected chi connectivity index (χ0v) is 20.5. The molecule has 3 amide bonds. The van der Waals surface area contributed by atoms with E-state index in [0.717, 1.165) is 23.3 Å². The van der Waals surface area contributed by atoms with Crippen molar-refractivity contribution in [3.05, 3.63) is 119 Å². The molecule has 0 unspecified atom stereocenters. The molecule has 0 aliphatic carbocycles. The summed E-state index contributed by atoms with van der Waals surface area (Å²) in [6.45, 7) is 1.38. The number of aliphatic hydroxyl groups is 1. The summed E-state index contributed by atoms with van der Waals surface area (Å²) in [5.74, 6) is -4.52. The third kappa shape index (κ3) is 6.30. The van der Waals surface area contributed by atoms with Gasteiger partial charge in [-0.25, -0.2) is 8.78 Å². The predicted octanol–water partition coefficient (Wildman–Crippen LogP) is 3.20. The van der Waals surface area contributed by atoms with Crippen molar-refractivity contribution in [3.8, 4) is 0 Å². The van der Waals surface area contributed by atoms with Crippen LogP contribution in [0.15, 0.2) is 91.0 Å². The van der Waals surface area contributed by atoms with E-state index in [-0.39, 0.29) is 5.56 Å². The summed E-state index contributed by atoms with van der Waals surface area (Å²) < 4.78 is 27.0. The molecule has 0 spiro atoms. The van der Waals surface area contributed by atoms with Gasteiger partial charge in [0.1, 0.15) is 23.7 Å². The van der Waals surface area contributed by atoms with Crippen molar-refractivity contribution < 1.29 is 28.3 Å². The molecule has 1 aliphatic rings. The highest BCUT2D eigenvalue weighted by atomic mass is 19.1. The van der Waals surface area contributed by atoms with Crippen LogP contribution < -0.4 is 16.0 Å². The first-order valence-corrected chi connectivity index (χ1v) is 12.1. The number of halogens is 2. The van der Waals surface area contributed by atoms with E-state index in [1.807, 2.05) is 72.8 Å². The Labute approximate surface area is 218 Å². The number of aliphatic hydroxyl groups excluding tert-OH is 1. The standard InChI is InChI=1S/C29H27F2N3O4/c1-17(32-29(38)26(35)20-14-21(30)16-22(31)15-20)27(36)34-25-23(18-8-4-2-5-9-18)12-13-24(33-28(25)37)19-10-6-3-7-11-19/h2-17,23-26,35H,1H3,(H,32,38)(H,33,37)(H,34,36)/t17-,23-,24-,25-,26-/m0/s1. The van der Waals surface area contributed by atoms with E-state index >= 15 is 0 Å². The number of nitrogens with one attached hydrogen (secondary N) is 3. The van der Waals surface area contributed by atoms with Gasteiger partial charge in [0.2, 0.25) is 11.8 Å². The van der Waals surface area contributed by atoms with Crippen LogP contribution in [0.3, 0.4) is 0 Å². The van der Waals surface area contributed by atoms with Gasteiger partial charge in [-0.2, -0.15) is 0 Å². The molecule has 0 radical (unpaired) electrons. The van der Waals surface area contributed by atoms with Crippen LogP contribution in [0.1, 0.15) is 41.7 Å². The first kappa shape index (κ1) is 26.7. The lowest BCUT2D eigenvalue weighted by atomic mass is 9.90. The minimum absolute atomic E-state index is 0.294. The molecule has 38 heavy (non-hydrogen) atoms. The van der Waals surface area contributed by atoms with E-state index in [0.29, 0.717) is 6.07 Å². The van der Waals surface area contributed by atoms with Crippen LogP contribution in [-0.2, 0) is 14.4 Å². The zero-order valence-electron chi connectivity index (χ0n) is 20.5.